The number of allylic oxidation sites excluding steroid dienone is 1. The molecule has 0 saturated heterocycles. The van der Waals surface area contributed by atoms with E-state index in [1.165, 1.54) is 0 Å². The molecule has 0 aliphatic carbocycles. The second-order valence-corrected chi connectivity index (χ2v) is 6.47. The summed E-state index contributed by atoms with van der Waals surface area (Å²) in [5, 5.41) is 3.15. The van der Waals surface area contributed by atoms with Gasteiger partial charge in [0.25, 0.3) is 0 Å². The van der Waals surface area contributed by atoms with Crippen LogP contribution in [-0.4, -0.2) is 33.2 Å². The van der Waals surface area contributed by atoms with E-state index in [1.54, 1.807) is 32.6 Å². The molecule has 2 aromatic rings. The molecule has 3 rings (SSSR count). The highest BCUT2D eigenvalue weighted by Gasteiger charge is 2.24. The summed E-state index contributed by atoms with van der Waals surface area (Å²) < 4.78 is 22.2. The maximum Gasteiger partial charge on any atom is 0.203 e. The average molecular weight is 396 g/mol. The molecule has 0 atom stereocenters. The van der Waals surface area contributed by atoms with Crippen molar-refractivity contribution in [3.63, 3.8) is 0 Å². The molecular formula is C23H26NO5. The minimum Gasteiger partial charge on any atom is -0.493 e. The van der Waals surface area contributed by atoms with Crippen molar-refractivity contribution in [1.29, 1.82) is 0 Å². The number of hydrogen-bond donors (Lipinski definition) is 1. The normalized spacial score (nSPS) is 12.3. The first-order valence-electron chi connectivity index (χ1n) is 9.68. The van der Waals surface area contributed by atoms with Crippen LogP contribution < -0.4 is 24.3 Å². The number of nitrogens with one attached hydrogen (secondary N) is 1. The third-order valence-electron chi connectivity index (χ3n) is 4.53. The van der Waals surface area contributed by atoms with E-state index in [1.807, 2.05) is 26.0 Å². The molecule has 0 fully saturated rings. The van der Waals surface area contributed by atoms with Gasteiger partial charge in [-0.2, -0.15) is 0 Å². The number of carbonyl (C=O) groups excluding carboxylic acids is 1. The lowest BCUT2D eigenvalue weighted by Crippen LogP contribution is -2.18. The van der Waals surface area contributed by atoms with Crippen molar-refractivity contribution in [3.05, 3.63) is 53.2 Å². The fourth-order valence-corrected chi connectivity index (χ4v) is 3.18. The van der Waals surface area contributed by atoms with Gasteiger partial charge in [0, 0.05) is 29.9 Å². The molecule has 0 unspecified atom stereocenters. The number of carbonyl (C=O) groups is 1. The smallest absolute Gasteiger partial charge is 0.203 e. The SMILES string of the molecule is CCCOc1c(OC)cc(C(=O)C2=CNCc3[c]c(OCC)ccc32)cc1OC. The van der Waals surface area contributed by atoms with Crippen LogP contribution in [0.2, 0.25) is 0 Å². The molecule has 6 heteroatoms. The summed E-state index contributed by atoms with van der Waals surface area (Å²) in [4.78, 5) is 13.3. The van der Waals surface area contributed by atoms with E-state index >= 15 is 0 Å². The van der Waals surface area contributed by atoms with Crippen LogP contribution in [0.4, 0.5) is 0 Å². The van der Waals surface area contributed by atoms with Crippen molar-refractivity contribution in [2.24, 2.45) is 0 Å². The van der Waals surface area contributed by atoms with Crippen molar-refractivity contribution < 1.29 is 23.7 Å². The summed E-state index contributed by atoms with van der Waals surface area (Å²) in [6.07, 6.45) is 2.59. The van der Waals surface area contributed by atoms with Crippen LogP contribution in [0.15, 0.2) is 30.5 Å². The minimum atomic E-state index is -0.144. The van der Waals surface area contributed by atoms with E-state index in [9.17, 15) is 4.79 Å². The van der Waals surface area contributed by atoms with E-state index in [4.69, 9.17) is 18.9 Å². The number of methoxy groups -OCH3 is 2. The molecule has 0 aromatic heterocycles. The Labute approximate surface area is 171 Å². The van der Waals surface area contributed by atoms with Gasteiger partial charge in [0.15, 0.2) is 17.3 Å². The first kappa shape index (κ1) is 20.6. The average Bonchev–Trinajstić information content (AvgIpc) is 2.76. The molecule has 1 aliphatic heterocycles. The van der Waals surface area contributed by atoms with Gasteiger partial charge in [-0.25, -0.2) is 0 Å². The van der Waals surface area contributed by atoms with Crippen LogP contribution in [0.25, 0.3) is 5.57 Å². The zero-order valence-electron chi connectivity index (χ0n) is 17.3. The van der Waals surface area contributed by atoms with Gasteiger partial charge in [-0.1, -0.05) is 13.0 Å². The Hall–Kier alpha value is -3.15. The van der Waals surface area contributed by atoms with E-state index in [0.717, 1.165) is 17.5 Å². The van der Waals surface area contributed by atoms with Crippen molar-refractivity contribution in [1.82, 2.24) is 5.32 Å². The van der Waals surface area contributed by atoms with Crippen molar-refractivity contribution in [2.75, 3.05) is 27.4 Å². The predicted molar refractivity (Wildman–Crippen MR) is 111 cm³/mol. The molecule has 1 radical (unpaired) electrons. The number of Topliss-reactive ketones (excluding diaryl/α,β-unsaturated/α-hetero) is 1. The molecule has 1 N–H and O–H groups in total. The Morgan fingerprint density at radius 2 is 1.83 bits per heavy atom. The summed E-state index contributed by atoms with van der Waals surface area (Å²) in [6.45, 7) is 5.63. The topological polar surface area (TPSA) is 66.0 Å². The monoisotopic (exact) mass is 396 g/mol. The fraction of sp³-hybridized carbons (Fsp3) is 0.348. The summed E-state index contributed by atoms with van der Waals surface area (Å²) in [6, 6.07) is 10.3. The molecule has 1 aliphatic rings. The minimum absolute atomic E-state index is 0.144. The predicted octanol–water partition coefficient (Wildman–Crippen LogP) is 4.02. The van der Waals surface area contributed by atoms with Gasteiger partial charge in [-0.15, -0.1) is 0 Å². The molecule has 2 aromatic carbocycles. The highest BCUT2D eigenvalue weighted by atomic mass is 16.5. The van der Waals surface area contributed by atoms with Gasteiger partial charge in [-0.3, -0.25) is 4.79 Å². The third-order valence-corrected chi connectivity index (χ3v) is 4.53. The van der Waals surface area contributed by atoms with Gasteiger partial charge in [0.1, 0.15) is 5.75 Å². The summed E-state index contributed by atoms with van der Waals surface area (Å²) in [5.74, 6) is 1.95. The van der Waals surface area contributed by atoms with E-state index in [-0.39, 0.29) is 5.78 Å². The van der Waals surface area contributed by atoms with E-state index in [0.29, 0.717) is 53.9 Å². The number of fused-ring (bicyclic) bond motifs is 1. The number of ether oxygens (including phenoxy) is 4. The Morgan fingerprint density at radius 3 is 2.45 bits per heavy atom. The van der Waals surface area contributed by atoms with Crippen LogP contribution in [0.5, 0.6) is 23.0 Å². The van der Waals surface area contributed by atoms with Crippen molar-refractivity contribution in [3.8, 4) is 23.0 Å². The van der Waals surface area contributed by atoms with Crippen LogP contribution in [0, 0.1) is 6.07 Å². The Balaban J connectivity index is 1.98. The van der Waals surface area contributed by atoms with Gasteiger partial charge in [-0.05, 0) is 42.7 Å². The summed E-state index contributed by atoms with van der Waals surface area (Å²) in [5.41, 5.74) is 2.74. The molecular weight excluding hydrogens is 370 g/mol. The quantitative estimate of drug-likeness (QED) is 0.646. The van der Waals surface area contributed by atoms with Crippen molar-refractivity contribution in [2.45, 2.75) is 26.8 Å². The largest absolute Gasteiger partial charge is 0.493 e. The molecule has 0 spiro atoms. The lowest BCUT2D eigenvalue weighted by Gasteiger charge is -2.20. The fourth-order valence-electron chi connectivity index (χ4n) is 3.18. The summed E-state index contributed by atoms with van der Waals surface area (Å²) in [7, 11) is 3.09. The van der Waals surface area contributed by atoms with Crippen LogP contribution in [-0.2, 0) is 6.54 Å². The Morgan fingerprint density at radius 1 is 1.10 bits per heavy atom. The molecule has 6 nitrogen and oxygen atoms in total. The van der Waals surface area contributed by atoms with Gasteiger partial charge < -0.3 is 24.3 Å². The van der Waals surface area contributed by atoms with E-state index in [2.05, 4.69) is 11.4 Å². The Kier molecular flexibility index (Phi) is 6.65. The molecule has 0 amide bonds. The lowest BCUT2D eigenvalue weighted by atomic mass is 9.91. The number of ketones is 1. The van der Waals surface area contributed by atoms with Gasteiger partial charge in [0.2, 0.25) is 5.75 Å². The standard InChI is InChI=1S/C23H26NO5/c1-5-9-29-23-20(26-3)11-15(12-21(23)27-4)22(25)19-14-24-13-16-10-17(28-6-2)7-8-18(16)19/h7-8,11-12,14,24H,5-6,9,13H2,1-4H3. The maximum absolute atomic E-state index is 13.3. The maximum atomic E-state index is 13.3. The number of rotatable bonds is 9. The zero-order chi connectivity index (χ0) is 20.8. The first-order chi connectivity index (χ1) is 14.1. The third kappa shape index (κ3) is 4.31. The van der Waals surface area contributed by atoms with Crippen LogP contribution in [0.1, 0.15) is 41.8 Å². The van der Waals surface area contributed by atoms with Gasteiger partial charge in [0.05, 0.1) is 27.4 Å². The highest BCUT2D eigenvalue weighted by Crippen LogP contribution is 2.40. The second kappa shape index (κ2) is 9.37. The van der Waals surface area contributed by atoms with Gasteiger partial charge >= 0.3 is 0 Å². The second-order valence-electron chi connectivity index (χ2n) is 6.47. The lowest BCUT2D eigenvalue weighted by molar-refractivity contribution is 0.105. The zero-order valence-corrected chi connectivity index (χ0v) is 17.3. The van der Waals surface area contributed by atoms with E-state index < -0.39 is 0 Å². The molecule has 0 saturated carbocycles. The Bertz CT molecular complexity index is 894. The molecule has 0 bridgehead atoms. The summed E-state index contributed by atoms with van der Waals surface area (Å²) >= 11 is 0. The number of hydrogen-bond acceptors (Lipinski definition) is 6. The first-order valence-corrected chi connectivity index (χ1v) is 9.68. The molecule has 153 valence electrons. The molecule has 1 heterocycles. The number of benzene rings is 2. The molecule has 29 heavy (non-hydrogen) atoms. The highest BCUT2D eigenvalue weighted by molar-refractivity contribution is 6.29. The van der Waals surface area contributed by atoms with Crippen LogP contribution >= 0.6 is 0 Å². The van der Waals surface area contributed by atoms with Crippen LogP contribution in [0.3, 0.4) is 0 Å². The van der Waals surface area contributed by atoms with Crippen molar-refractivity contribution >= 4 is 11.4 Å².